The van der Waals surface area contributed by atoms with Gasteiger partial charge < -0.3 is 11.1 Å². The monoisotopic (exact) mass is 303 g/mol. The zero-order chi connectivity index (χ0) is 13.1. The number of carbonyl (C=O) groups is 2. The van der Waals surface area contributed by atoms with Crippen LogP contribution < -0.4 is 11.1 Å². The summed E-state index contributed by atoms with van der Waals surface area (Å²) in [6.45, 7) is 2.04. The van der Waals surface area contributed by atoms with Crippen LogP contribution in [0.2, 0.25) is 0 Å². The predicted octanol–water partition coefficient (Wildman–Crippen LogP) is 2.08. The molecule has 2 rings (SSSR count). The van der Waals surface area contributed by atoms with Gasteiger partial charge in [0, 0.05) is 12.8 Å². The van der Waals surface area contributed by atoms with Crippen molar-refractivity contribution in [2.45, 2.75) is 26.2 Å². The topological polar surface area (TPSA) is 85.1 Å². The Kier molecular flexibility index (Phi) is 5.90. The van der Waals surface area contributed by atoms with Gasteiger partial charge in [-0.25, -0.2) is 4.98 Å². The van der Waals surface area contributed by atoms with Crippen molar-refractivity contribution < 1.29 is 9.59 Å². The van der Waals surface area contributed by atoms with Gasteiger partial charge in [-0.05, 0) is 25.3 Å². The third-order valence-electron chi connectivity index (χ3n) is 3.38. The molecule has 2 atom stereocenters. The highest BCUT2D eigenvalue weighted by atomic mass is 35.5. The van der Waals surface area contributed by atoms with E-state index in [0.29, 0.717) is 16.6 Å². The summed E-state index contributed by atoms with van der Waals surface area (Å²) in [4.78, 5) is 27.8. The van der Waals surface area contributed by atoms with E-state index in [9.17, 15) is 9.59 Å². The van der Waals surface area contributed by atoms with Gasteiger partial charge in [0.25, 0.3) is 0 Å². The molecule has 0 spiro atoms. The summed E-state index contributed by atoms with van der Waals surface area (Å²) in [5, 5.41) is 3.28. The third kappa shape index (κ3) is 3.75. The van der Waals surface area contributed by atoms with Crippen molar-refractivity contribution >= 4 is 40.6 Å². The molecule has 1 aliphatic carbocycles. The lowest BCUT2D eigenvalue weighted by atomic mass is 9.95. The van der Waals surface area contributed by atoms with Gasteiger partial charge >= 0.3 is 0 Å². The number of anilines is 1. The molecule has 0 aliphatic heterocycles. The molecular weight excluding hydrogens is 286 g/mol. The summed E-state index contributed by atoms with van der Waals surface area (Å²) in [5.74, 6) is 0.206. The van der Waals surface area contributed by atoms with Crippen molar-refractivity contribution in [3.05, 3.63) is 11.1 Å². The number of nitrogens with two attached hydrogens (primary N) is 1. The van der Waals surface area contributed by atoms with Crippen LogP contribution in [0.1, 0.15) is 35.9 Å². The fourth-order valence-corrected chi connectivity index (χ4v) is 3.07. The first-order valence-electron chi connectivity index (χ1n) is 6.09. The largest absolute Gasteiger partial charge is 0.330 e. The van der Waals surface area contributed by atoms with E-state index in [-0.39, 0.29) is 35.9 Å². The van der Waals surface area contributed by atoms with Crippen LogP contribution in [0, 0.1) is 11.8 Å². The average Bonchev–Trinajstić information content (AvgIpc) is 2.96. The van der Waals surface area contributed by atoms with Gasteiger partial charge in [-0.15, -0.1) is 12.4 Å². The van der Waals surface area contributed by atoms with Gasteiger partial charge in [-0.2, -0.15) is 0 Å². The van der Waals surface area contributed by atoms with Crippen LogP contribution in [0.3, 0.4) is 0 Å². The Morgan fingerprint density at radius 2 is 2.26 bits per heavy atom. The SMILES string of the molecule is CC(=O)c1cnc(NC(=O)[C@@H]2CCC[C@@H]2CN)s1.Cl. The first-order valence-corrected chi connectivity index (χ1v) is 6.91. The Morgan fingerprint density at radius 1 is 1.53 bits per heavy atom. The molecular formula is C12H18ClN3O2S. The molecule has 5 nitrogen and oxygen atoms in total. The molecule has 1 aliphatic rings. The summed E-state index contributed by atoms with van der Waals surface area (Å²) < 4.78 is 0. The lowest BCUT2D eigenvalue weighted by Gasteiger charge is -2.16. The molecule has 3 N–H and O–H groups in total. The minimum Gasteiger partial charge on any atom is -0.330 e. The van der Waals surface area contributed by atoms with Crippen LogP contribution in [0.4, 0.5) is 5.13 Å². The second-order valence-corrected chi connectivity index (χ2v) is 5.64. The Hall–Kier alpha value is -0.980. The summed E-state index contributed by atoms with van der Waals surface area (Å²) in [6, 6.07) is 0. The van der Waals surface area contributed by atoms with E-state index in [1.165, 1.54) is 24.5 Å². The van der Waals surface area contributed by atoms with Crippen LogP contribution in [-0.2, 0) is 4.79 Å². The molecule has 1 fully saturated rings. The Labute approximate surface area is 122 Å². The van der Waals surface area contributed by atoms with Crippen molar-refractivity contribution in [1.82, 2.24) is 4.98 Å². The van der Waals surface area contributed by atoms with E-state index in [4.69, 9.17) is 5.73 Å². The highest BCUT2D eigenvalue weighted by Crippen LogP contribution is 2.32. The molecule has 1 heterocycles. The average molecular weight is 304 g/mol. The van der Waals surface area contributed by atoms with E-state index < -0.39 is 0 Å². The number of nitrogens with zero attached hydrogens (tertiary/aromatic N) is 1. The number of ketones is 1. The number of hydrogen-bond donors (Lipinski definition) is 2. The number of amides is 1. The van der Waals surface area contributed by atoms with Gasteiger partial charge in [-0.1, -0.05) is 17.8 Å². The number of thiazole rings is 1. The minimum atomic E-state index is -0.0336. The number of Topliss-reactive ketones (excluding diaryl/α,β-unsaturated/α-hetero) is 1. The van der Waals surface area contributed by atoms with Crippen LogP contribution in [0.25, 0.3) is 0 Å². The van der Waals surface area contributed by atoms with Crippen molar-refractivity contribution in [3.8, 4) is 0 Å². The van der Waals surface area contributed by atoms with Crippen molar-refractivity contribution in [3.63, 3.8) is 0 Å². The molecule has 0 unspecified atom stereocenters. The van der Waals surface area contributed by atoms with Gasteiger partial charge in [0.1, 0.15) is 0 Å². The minimum absolute atomic E-state index is 0. The Morgan fingerprint density at radius 3 is 2.84 bits per heavy atom. The number of hydrogen-bond acceptors (Lipinski definition) is 5. The molecule has 1 amide bonds. The van der Waals surface area contributed by atoms with E-state index in [1.807, 2.05) is 0 Å². The first kappa shape index (κ1) is 16.1. The maximum atomic E-state index is 12.1. The Balaban J connectivity index is 0.00000180. The molecule has 0 radical (unpaired) electrons. The maximum absolute atomic E-state index is 12.1. The first-order chi connectivity index (χ1) is 8.61. The number of carbonyl (C=O) groups excluding carboxylic acids is 2. The lowest BCUT2D eigenvalue weighted by Crippen LogP contribution is -2.29. The van der Waals surface area contributed by atoms with Crippen molar-refractivity contribution in [1.29, 1.82) is 0 Å². The number of halogens is 1. The van der Waals surface area contributed by atoms with E-state index in [2.05, 4.69) is 10.3 Å². The second kappa shape index (κ2) is 6.98. The molecule has 0 aromatic carbocycles. The Bertz CT molecular complexity index is 464. The van der Waals surface area contributed by atoms with E-state index in [0.717, 1.165) is 19.3 Å². The maximum Gasteiger partial charge on any atom is 0.229 e. The molecule has 0 saturated heterocycles. The lowest BCUT2D eigenvalue weighted by molar-refractivity contribution is -0.120. The quantitative estimate of drug-likeness (QED) is 0.834. The fourth-order valence-electron chi connectivity index (χ4n) is 2.36. The smallest absolute Gasteiger partial charge is 0.229 e. The molecule has 19 heavy (non-hydrogen) atoms. The van der Waals surface area contributed by atoms with Crippen molar-refractivity contribution in [2.24, 2.45) is 17.6 Å². The summed E-state index contributed by atoms with van der Waals surface area (Å²) >= 11 is 1.21. The number of rotatable bonds is 4. The second-order valence-electron chi connectivity index (χ2n) is 4.61. The van der Waals surface area contributed by atoms with Crippen LogP contribution in [0.15, 0.2) is 6.20 Å². The van der Waals surface area contributed by atoms with Crippen LogP contribution in [0.5, 0.6) is 0 Å². The summed E-state index contributed by atoms with van der Waals surface area (Å²) in [5.41, 5.74) is 5.66. The van der Waals surface area contributed by atoms with Crippen molar-refractivity contribution in [2.75, 3.05) is 11.9 Å². The number of nitrogens with one attached hydrogen (secondary N) is 1. The normalized spacial score (nSPS) is 21.8. The molecule has 0 bridgehead atoms. The molecule has 1 aromatic rings. The van der Waals surface area contributed by atoms with Gasteiger partial charge in [0.2, 0.25) is 5.91 Å². The van der Waals surface area contributed by atoms with Gasteiger partial charge in [0.15, 0.2) is 10.9 Å². The highest BCUT2D eigenvalue weighted by molar-refractivity contribution is 7.17. The van der Waals surface area contributed by atoms with Crippen LogP contribution in [-0.4, -0.2) is 23.2 Å². The standard InChI is InChI=1S/C12H17N3O2S.ClH/c1-7(16)10-6-14-12(18-10)15-11(17)9-4-2-3-8(9)5-13;/h6,8-9H,2-5,13H2,1H3,(H,14,15,17);1H/t8-,9-;/m1./s1. The molecule has 1 saturated carbocycles. The predicted molar refractivity (Wildman–Crippen MR) is 77.9 cm³/mol. The van der Waals surface area contributed by atoms with Gasteiger partial charge in [-0.3, -0.25) is 9.59 Å². The molecule has 106 valence electrons. The number of aromatic nitrogens is 1. The fraction of sp³-hybridized carbons (Fsp3) is 0.583. The zero-order valence-corrected chi connectivity index (χ0v) is 12.4. The summed E-state index contributed by atoms with van der Waals surface area (Å²) in [7, 11) is 0. The van der Waals surface area contributed by atoms with E-state index >= 15 is 0 Å². The third-order valence-corrected chi connectivity index (χ3v) is 4.40. The highest BCUT2D eigenvalue weighted by Gasteiger charge is 2.32. The molecule has 1 aromatic heterocycles. The molecule has 7 heteroatoms. The zero-order valence-electron chi connectivity index (χ0n) is 10.7. The van der Waals surface area contributed by atoms with Crippen LogP contribution >= 0.6 is 23.7 Å². The van der Waals surface area contributed by atoms with Gasteiger partial charge in [0.05, 0.1) is 11.1 Å². The van der Waals surface area contributed by atoms with E-state index in [1.54, 1.807) is 0 Å². The summed E-state index contributed by atoms with van der Waals surface area (Å²) in [6.07, 6.45) is 4.46.